The number of aryl methyl sites for hydroxylation is 2. The highest BCUT2D eigenvalue weighted by molar-refractivity contribution is 6.80. The van der Waals surface area contributed by atoms with Gasteiger partial charge in [0.25, 0.3) is 0 Å². The molecule has 0 saturated heterocycles. The molecule has 0 atom stereocenters. The average Bonchev–Trinajstić information content (AvgIpc) is 2.64. The maximum Gasteiger partial charge on any atom is 0.147 e. The SMILES string of the molecule is Cc1cccc(C(C)C)c1N(CCN(c1c(C)cccc1C(C)C)[Si](C)(C)C)[Si](C)(C)C. The molecular formula is C28H48N2Si2. The molecule has 2 aromatic carbocycles. The third kappa shape index (κ3) is 6.08. The minimum Gasteiger partial charge on any atom is -0.396 e. The van der Waals surface area contributed by atoms with Crippen LogP contribution in [-0.2, 0) is 0 Å². The zero-order valence-electron chi connectivity index (χ0n) is 22.9. The van der Waals surface area contributed by atoms with Crippen molar-refractivity contribution in [3.63, 3.8) is 0 Å². The summed E-state index contributed by atoms with van der Waals surface area (Å²) >= 11 is 0. The fraction of sp³-hybridized carbons (Fsp3) is 0.571. The molecule has 0 aliphatic heterocycles. The molecule has 32 heavy (non-hydrogen) atoms. The number of nitrogens with zero attached hydrogens (tertiary/aromatic N) is 2. The van der Waals surface area contributed by atoms with Crippen LogP contribution in [0.4, 0.5) is 11.4 Å². The number of anilines is 2. The molecular weight excluding hydrogens is 420 g/mol. The predicted octanol–water partition coefficient (Wildman–Crippen LogP) is 8.53. The van der Waals surface area contributed by atoms with E-state index in [9.17, 15) is 0 Å². The standard InChI is InChI=1S/C28H48N2Si2/c1-21(2)25-17-13-15-23(5)27(25)29(31(7,8)9)19-20-30(32(10,11)12)28-24(6)16-14-18-26(28)22(3)4/h13-18,21-22H,19-20H2,1-12H3. The van der Waals surface area contributed by atoms with Crippen LogP contribution in [0.3, 0.4) is 0 Å². The molecule has 0 spiro atoms. The molecule has 2 aromatic rings. The largest absolute Gasteiger partial charge is 0.396 e. The Balaban J connectivity index is 2.56. The predicted molar refractivity (Wildman–Crippen MR) is 152 cm³/mol. The van der Waals surface area contributed by atoms with E-state index in [1.54, 1.807) is 0 Å². The number of benzene rings is 2. The Bertz CT molecular complexity index is 829. The van der Waals surface area contributed by atoms with Crippen molar-refractivity contribution in [1.29, 1.82) is 0 Å². The fourth-order valence-corrected chi connectivity index (χ4v) is 8.29. The first-order valence-corrected chi connectivity index (χ1v) is 19.3. The molecule has 2 nitrogen and oxygen atoms in total. The maximum atomic E-state index is 2.80. The van der Waals surface area contributed by atoms with Crippen molar-refractivity contribution >= 4 is 27.8 Å². The van der Waals surface area contributed by atoms with E-state index in [0.717, 1.165) is 13.1 Å². The molecule has 0 N–H and O–H groups in total. The van der Waals surface area contributed by atoms with Crippen LogP contribution in [0.1, 0.15) is 61.8 Å². The van der Waals surface area contributed by atoms with E-state index < -0.39 is 16.5 Å². The number of hydrogen-bond donors (Lipinski definition) is 0. The van der Waals surface area contributed by atoms with Crippen LogP contribution in [0.15, 0.2) is 36.4 Å². The number of rotatable bonds is 9. The van der Waals surface area contributed by atoms with Gasteiger partial charge in [-0.2, -0.15) is 0 Å². The van der Waals surface area contributed by atoms with Gasteiger partial charge in [-0.05, 0) is 47.9 Å². The third-order valence-corrected chi connectivity index (χ3v) is 10.6. The Labute approximate surface area is 201 Å². The Morgan fingerprint density at radius 3 is 1.16 bits per heavy atom. The molecule has 0 aliphatic carbocycles. The highest BCUT2D eigenvalue weighted by atomic mass is 28.3. The van der Waals surface area contributed by atoms with Gasteiger partial charge in [0.05, 0.1) is 0 Å². The van der Waals surface area contributed by atoms with Crippen LogP contribution in [0, 0.1) is 13.8 Å². The van der Waals surface area contributed by atoms with Gasteiger partial charge < -0.3 is 9.13 Å². The van der Waals surface area contributed by atoms with Gasteiger partial charge in [-0.3, -0.25) is 0 Å². The van der Waals surface area contributed by atoms with Crippen LogP contribution in [0.2, 0.25) is 39.3 Å². The van der Waals surface area contributed by atoms with E-state index in [1.807, 2.05) is 0 Å². The van der Waals surface area contributed by atoms with E-state index >= 15 is 0 Å². The molecule has 0 aromatic heterocycles. The lowest BCUT2D eigenvalue weighted by Gasteiger charge is -2.44. The van der Waals surface area contributed by atoms with Gasteiger partial charge in [-0.1, -0.05) is 103 Å². The average molecular weight is 469 g/mol. The molecule has 0 amide bonds. The molecule has 0 bridgehead atoms. The summed E-state index contributed by atoms with van der Waals surface area (Å²) in [5.74, 6) is 1.06. The van der Waals surface area contributed by atoms with Crippen molar-refractivity contribution in [3.05, 3.63) is 58.7 Å². The van der Waals surface area contributed by atoms with Gasteiger partial charge >= 0.3 is 0 Å². The number of para-hydroxylation sites is 2. The van der Waals surface area contributed by atoms with Crippen molar-refractivity contribution in [2.24, 2.45) is 0 Å². The van der Waals surface area contributed by atoms with Crippen LogP contribution in [0.25, 0.3) is 0 Å². The van der Waals surface area contributed by atoms with Crippen molar-refractivity contribution in [3.8, 4) is 0 Å². The summed E-state index contributed by atoms with van der Waals surface area (Å²) in [6, 6.07) is 13.7. The summed E-state index contributed by atoms with van der Waals surface area (Å²) in [7, 11) is -3.18. The summed E-state index contributed by atoms with van der Waals surface area (Å²) in [4.78, 5) is 0. The Kier molecular flexibility index (Phi) is 8.49. The second-order valence-electron chi connectivity index (χ2n) is 12.0. The second-order valence-corrected chi connectivity index (χ2v) is 21.7. The first-order chi connectivity index (χ1) is 14.7. The van der Waals surface area contributed by atoms with Crippen LogP contribution in [-0.4, -0.2) is 29.6 Å². The van der Waals surface area contributed by atoms with E-state index in [4.69, 9.17) is 0 Å². The van der Waals surface area contributed by atoms with Crippen LogP contribution in [0.5, 0.6) is 0 Å². The normalized spacial score (nSPS) is 12.6. The zero-order chi connectivity index (χ0) is 24.4. The van der Waals surface area contributed by atoms with E-state index in [0.29, 0.717) is 11.8 Å². The summed E-state index contributed by atoms with van der Waals surface area (Å²) < 4.78 is 5.61. The topological polar surface area (TPSA) is 6.48 Å². The van der Waals surface area contributed by atoms with Crippen molar-refractivity contribution < 1.29 is 0 Å². The molecule has 4 heteroatoms. The monoisotopic (exact) mass is 468 g/mol. The third-order valence-electron chi connectivity index (χ3n) is 6.49. The lowest BCUT2D eigenvalue weighted by Crippen LogP contribution is -2.55. The van der Waals surface area contributed by atoms with E-state index in [2.05, 4.69) is 126 Å². The summed E-state index contributed by atoms with van der Waals surface area (Å²) in [6.07, 6.45) is 0. The lowest BCUT2D eigenvalue weighted by atomic mass is 9.98. The Morgan fingerprint density at radius 1 is 0.594 bits per heavy atom. The Morgan fingerprint density at radius 2 is 0.906 bits per heavy atom. The first-order valence-electron chi connectivity index (χ1n) is 12.4. The van der Waals surface area contributed by atoms with E-state index in [1.165, 1.54) is 33.6 Å². The van der Waals surface area contributed by atoms with Crippen LogP contribution >= 0.6 is 0 Å². The lowest BCUT2D eigenvalue weighted by molar-refractivity contribution is 0.832. The highest BCUT2D eigenvalue weighted by Crippen LogP contribution is 2.36. The van der Waals surface area contributed by atoms with Crippen molar-refractivity contribution in [2.45, 2.75) is 92.7 Å². The van der Waals surface area contributed by atoms with Crippen LogP contribution < -0.4 is 9.13 Å². The van der Waals surface area contributed by atoms with Gasteiger partial charge in [0, 0.05) is 24.5 Å². The smallest absolute Gasteiger partial charge is 0.147 e. The Hall–Kier alpha value is -1.53. The second kappa shape index (κ2) is 10.2. The molecule has 0 aliphatic rings. The van der Waals surface area contributed by atoms with Gasteiger partial charge in [0.15, 0.2) is 0 Å². The van der Waals surface area contributed by atoms with E-state index in [-0.39, 0.29) is 0 Å². The zero-order valence-corrected chi connectivity index (χ0v) is 24.9. The summed E-state index contributed by atoms with van der Waals surface area (Å²) in [5, 5.41) is 0. The molecule has 178 valence electrons. The minimum atomic E-state index is -1.59. The summed E-state index contributed by atoms with van der Waals surface area (Å²) in [5.41, 5.74) is 8.79. The molecule has 0 radical (unpaired) electrons. The molecule has 0 unspecified atom stereocenters. The van der Waals surface area contributed by atoms with Gasteiger partial charge in [-0.25, -0.2) is 0 Å². The molecule has 0 fully saturated rings. The molecule has 0 saturated carbocycles. The molecule has 0 heterocycles. The minimum absolute atomic E-state index is 0.528. The van der Waals surface area contributed by atoms with Crippen molar-refractivity contribution in [2.75, 3.05) is 22.2 Å². The van der Waals surface area contributed by atoms with Gasteiger partial charge in [-0.15, -0.1) is 0 Å². The highest BCUT2D eigenvalue weighted by Gasteiger charge is 2.32. The van der Waals surface area contributed by atoms with Gasteiger partial charge in [0.1, 0.15) is 16.5 Å². The quantitative estimate of drug-likeness (QED) is 0.340. The van der Waals surface area contributed by atoms with Gasteiger partial charge in [0.2, 0.25) is 0 Å². The summed E-state index contributed by atoms with van der Waals surface area (Å²) in [6.45, 7) is 31.0. The number of hydrogen-bond acceptors (Lipinski definition) is 2. The maximum absolute atomic E-state index is 2.80. The molecule has 2 rings (SSSR count). The van der Waals surface area contributed by atoms with Crippen molar-refractivity contribution in [1.82, 2.24) is 0 Å². The fourth-order valence-electron chi connectivity index (χ4n) is 4.80. The first kappa shape index (κ1) is 26.7.